The highest BCUT2D eigenvalue weighted by atomic mass is 31.2. The number of quaternary nitrogens is 1. The van der Waals surface area contributed by atoms with Gasteiger partial charge in [0.15, 0.2) is 0 Å². The summed E-state index contributed by atoms with van der Waals surface area (Å²) in [6.45, 7) is 2.29. The van der Waals surface area contributed by atoms with E-state index in [2.05, 4.69) is 25.2 Å². The molecule has 1 atom stereocenters. The van der Waals surface area contributed by atoms with Gasteiger partial charge in [-0.05, 0) is 51.4 Å². The van der Waals surface area contributed by atoms with Crippen LogP contribution in [0.4, 0.5) is 0 Å². The quantitative estimate of drug-likeness (QED) is 0.0729. The summed E-state index contributed by atoms with van der Waals surface area (Å²) in [5.41, 5.74) is 0. The summed E-state index contributed by atoms with van der Waals surface area (Å²) in [7, 11) is 0.883. The summed E-state index contributed by atoms with van der Waals surface area (Å²) < 4.78 is 12.1. The van der Waals surface area contributed by atoms with E-state index in [9.17, 15) is 19.5 Å². The van der Waals surface area contributed by atoms with E-state index >= 15 is 0 Å². The van der Waals surface area contributed by atoms with Gasteiger partial charge in [-0.15, -0.1) is 0 Å². The Kier molecular flexibility index (Phi) is 17.7. The number of nitrogens with zero attached hydrogens (tertiary/aromatic N) is 1. The Morgan fingerprint density at radius 2 is 1.06 bits per heavy atom. The van der Waals surface area contributed by atoms with Crippen molar-refractivity contribution in [3.8, 4) is 0 Å². The van der Waals surface area contributed by atoms with Gasteiger partial charge in [0, 0.05) is 0 Å². The number of rotatable bonds is 21. The Balaban J connectivity index is 3.72. The van der Waals surface area contributed by atoms with Crippen LogP contribution < -0.4 is 0 Å². The fourth-order valence-electron chi connectivity index (χ4n) is 3.96. The molecule has 0 aromatic rings. The second-order valence-electron chi connectivity index (χ2n) is 10.4. The van der Waals surface area contributed by atoms with E-state index in [1.54, 1.807) is 0 Å². The third kappa shape index (κ3) is 18.0. The number of aliphatic hydroxyl groups is 1. The number of hydrogen-bond acceptors (Lipinski definition) is 2. The zero-order chi connectivity index (χ0) is 24.3. The molecular weight excluding hydrogens is 421 g/mol. The van der Waals surface area contributed by atoms with Crippen molar-refractivity contribution in [3.05, 3.63) is 24.3 Å². The Hall–Kier alpha value is -0.450. The Morgan fingerprint density at radius 3 is 1.47 bits per heavy atom. The first-order valence-electron chi connectivity index (χ1n) is 12.9. The lowest BCUT2D eigenvalue weighted by molar-refractivity contribution is -0.875. The third-order valence-corrected chi connectivity index (χ3v) is 7.23. The van der Waals surface area contributed by atoms with E-state index < -0.39 is 12.9 Å². The fourth-order valence-corrected chi connectivity index (χ4v) is 4.99. The second-order valence-corrected chi connectivity index (χ2v) is 12.3. The van der Waals surface area contributed by atoms with Gasteiger partial charge in [0.1, 0.15) is 6.54 Å². The molecule has 3 N–H and O–H groups in total. The van der Waals surface area contributed by atoms with Gasteiger partial charge in [0.05, 0.1) is 21.1 Å². The van der Waals surface area contributed by atoms with Crippen LogP contribution in [0.2, 0.25) is 0 Å². The molecule has 0 bridgehead atoms. The zero-order valence-corrected chi connectivity index (χ0v) is 22.4. The molecule has 0 rings (SSSR count). The van der Waals surface area contributed by atoms with Gasteiger partial charge in [-0.25, -0.2) is 0 Å². The lowest BCUT2D eigenvalue weighted by Gasteiger charge is -2.35. The molecule has 0 aliphatic carbocycles. The van der Waals surface area contributed by atoms with Crippen LogP contribution in [-0.2, 0) is 4.57 Å². The number of unbranched alkanes of at least 4 members (excludes halogenated alkanes) is 12. The largest absolute Gasteiger partial charge is 0.373 e. The summed E-state index contributed by atoms with van der Waals surface area (Å²) in [5, 5.41) is 8.54. The maximum absolute atomic E-state index is 11.8. The smallest absolute Gasteiger partial charge is 0.362 e. The normalized spacial score (nSPS) is 15.1. The maximum Gasteiger partial charge on any atom is 0.362 e. The first-order valence-corrected chi connectivity index (χ1v) is 14.5. The molecule has 32 heavy (non-hydrogen) atoms. The van der Waals surface area contributed by atoms with Gasteiger partial charge < -0.3 is 19.4 Å². The van der Waals surface area contributed by atoms with Crippen LogP contribution in [0.1, 0.15) is 110 Å². The van der Waals surface area contributed by atoms with Crippen LogP contribution in [0.25, 0.3) is 0 Å². The molecule has 1 unspecified atom stereocenters. The molecule has 0 saturated heterocycles. The van der Waals surface area contributed by atoms with Crippen LogP contribution in [-0.4, -0.2) is 52.4 Å². The van der Waals surface area contributed by atoms with Crippen molar-refractivity contribution < 1.29 is 23.9 Å². The van der Waals surface area contributed by atoms with Crippen molar-refractivity contribution in [2.24, 2.45) is 0 Å². The van der Waals surface area contributed by atoms with Gasteiger partial charge in [-0.2, -0.15) is 0 Å². The van der Waals surface area contributed by atoms with Crippen LogP contribution in [0, 0.1) is 0 Å². The first kappa shape index (κ1) is 31.6. The monoisotopic (exact) mass is 474 g/mol. The van der Waals surface area contributed by atoms with Gasteiger partial charge in [-0.3, -0.25) is 4.57 Å². The minimum Gasteiger partial charge on any atom is -0.373 e. The molecule has 6 heteroatoms. The molecule has 0 radical (unpaired) electrons. The second kappa shape index (κ2) is 18.0. The van der Waals surface area contributed by atoms with Crippen molar-refractivity contribution in [3.63, 3.8) is 0 Å². The highest BCUT2D eigenvalue weighted by Gasteiger charge is 2.48. The maximum atomic E-state index is 11.8. The Labute approximate surface area is 198 Å². The molecule has 0 spiro atoms. The molecular formula is C26H53NO4P+. The molecule has 0 aliphatic heterocycles. The topological polar surface area (TPSA) is 77.8 Å². The first-order chi connectivity index (χ1) is 15.0. The SMILES string of the molecule is CCCCCCCCCCC/C=C\CCCC/C=C\CCC(O)(C[N+](C)(C)C)P(=O)(O)O. The minimum absolute atomic E-state index is 0.0243. The molecule has 0 amide bonds. The summed E-state index contributed by atoms with van der Waals surface area (Å²) in [6, 6.07) is 0. The molecule has 0 aromatic heterocycles. The zero-order valence-electron chi connectivity index (χ0n) is 21.5. The average molecular weight is 475 g/mol. The molecule has 190 valence electrons. The minimum atomic E-state index is -4.58. The van der Waals surface area contributed by atoms with E-state index in [0.29, 0.717) is 10.9 Å². The van der Waals surface area contributed by atoms with Crippen LogP contribution >= 0.6 is 7.60 Å². The van der Waals surface area contributed by atoms with Crippen LogP contribution in [0.3, 0.4) is 0 Å². The summed E-state index contributed by atoms with van der Waals surface area (Å²) in [4.78, 5) is 19.1. The number of allylic oxidation sites excluding steroid dienone is 4. The van der Waals surface area contributed by atoms with Crippen molar-refractivity contribution in [2.45, 2.75) is 115 Å². The lowest BCUT2D eigenvalue weighted by atomic mass is 10.1. The van der Waals surface area contributed by atoms with E-state index in [0.717, 1.165) is 25.7 Å². The van der Waals surface area contributed by atoms with E-state index in [1.807, 2.05) is 27.2 Å². The predicted octanol–water partition coefficient (Wildman–Crippen LogP) is 6.93. The predicted molar refractivity (Wildman–Crippen MR) is 138 cm³/mol. The Morgan fingerprint density at radius 1 is 0.688 bits per heavy atom. The van der Waals surface area contributed by atoms with Crippen molar-refractivity contribution in [1.82, 2.24) is 0 Å². The highest BCUT2D eigenvalue weighted by Crippen LogP contribution is 2.52. The summed E-state index contributed by atoms with van der Waals surface area (Å²) >= 11 is 0. The highest BCUT2D eigenvalue weighted by molar-refractivity contribution is 7.53. The molecule has 0 saturated carbocycles. The van der Waals surface area contributed by atoms with Crippen LogP contribution in [0.5, 0.6) is 0 Å². The average Bonchev–Trinajstić information content (AvgIpc) is 2.67. The molecule has 0 heterocycles. The fraction of sp³-hybridized carbons (Fsp3) is 0.846. The standard InChI is InChI=1S/C26H52NO4P/c1-5-6-7-8-9-10-11-12-13-14-15-16-17-18-19-20-21-22-23-24-26(28,32(29,30)31)25-27(2,3)4/h15-16,21-22,28H,5-14,17-20,23-25H2,1-4H3,(H-,29,30,31)/p+1/b16-15-,22-21-. The molecule has 5 nitrogen and oxygen atoms in total. The van der Waals surface area contributed by atoms with Gasteiger partial charge >= 0.3 is 7.60 Å². The van der Waals surface area contributed by atoms with Crippen molar-refractivity contribution in [2.75, 3.05) is 27.7 Å². The lowest BCUT2D eigenvalue weighted by Crippen LogP contribution is -2.49. The van der Waals surface area contributed by atoms with Crippen molar-refractivity contribution in [1.29, 1.82) is 0 Å². The Bertz CT molecular complexity index is 551. The van der Waals surface area contributed by atoms with Gasteiger partial charge in [0.2, 0.25) is 5.34 Å². The van der Waals surface area contributed by atoms with Gasteiger partial charge in [0.25, 0.3) is 0 Å². The molecule has 0 fully saturated rings. The van der Waals surface area contributed by atoms with Crippen molar-refractivity contribution >= 4 is 7.60 Å². The van der Waals surface area contributed by atoms with Crippen LogP contribution in [0.15, 0.2) is 24.3 Å². The molecule has 0 aliphatic rings. The van der Waals surface area contributed by atoms with E-state index in [1.165, 1.54) is 64.2 Å². The molecule has 0 aromatic carbocycles. The van der Waals surface area contributed by atoms with E-state index in [-0.39, 0.29) is 13.0 Å². The third-order valence-electron chi connectivity index (χ3n) is 5.78. The van der Waals surface area contributed by atoms with E-state index in [4.69, 9.17) is 0 Å². The number of hydrogen-bond donors (Lipinski definition) is 3. The van der Waals surface area contributed by atoms with Gasteiger partial charge in [-0.1, -0.05) is 82.6 Å². The number of likely N-dealkylation sites (N-methyl/N-ethyl adjacent to an activating group) is 1. The summed E-state index contributed by atoms with van der Waals surface area (Å²) in [6.07, 6.45) is 27.1. The summed E-state index contributed by atoms with van der Waals surface area (Å²) in [5.74, 6) is 0.